The van der Waals surface area contributed by atoms with E-state index in [1.54, 1.807) is 6.20 Å². The molecule has 1 fully saturated rings. The fraction of sp³-hybridized carbons (Fsp3) is 0.412. The van der Waals surface area contributed by atoms with Crippen LogP contribution >= 0.6 is 0 Å². The molecule has 3 N–H and O–H groups in total. The Labute approximate surface area is 141 Å². The highest BCUT2D eigenvalue weighted by molar-refractivity contribution is 5.73. The van der Waals surface area contributed by atoms with Crippen LogP contribution in [-0.4, -0.2) is 60.5 Å². The minimum absolute atomic E-state index is 0.138. The van der Waals surface area contributed by atoms with Crippen LogP contribution in [-0.2, 0) is 11.3 Å². The Balaban J connectivity index is 1.36. The summed E-state index contributed by atoms with van der Waals surface area (Å²) < 4.78 is 5.30. The molecule has 2 aromatic rings. The standard InChI is InChI=1S/C17H23N5O2/c23-17(18-7-8-22-9-11-24-12-10-22)19-13-14-1-3-15(4-2-14)16-5-6-20-21-16/h1-6H,7-13H2,(H,20,21)(H2,18,19,23). The first-order valence-electron chi connectivity index (χ1n) is 8.22. The molecule has 7 nitrogen and oxygen atoms in total. The first-order chi connectivity index (χ1) is 11.8. The molecule has 2 heterocycles. The summed E-state index contributed by atoms with van der Waals surface area (Å²) in [5.74, 6) is 0. The molecule has 24 heavy (non-hydrogen) atoms. The molecule has 3 rings (SSSR count). The summed E-state index contributed by atoms with van der Waals surface area (Å²) in [5.41, 5.74) is 3.11. The molecule has 1 aliphatic rings. The number of carbonyl (C=O) groups excluding carboxylic acids is 1. The van der Waals surface area contributed by atoms with Crippen LogP contribution < -0.4 is 10.6 Å². The highest BCUT2D eigenvalue weighted by Crippen LogP contribution is 2.16. The highest BCUT2D eigenvalue weighted by atomic mass is 16.5. The third-order valence-electron chi connectivity index (χ3n) is 4.04. The van der Waals surface area contributed by atoms with Gasteiger partial charge in [-0.3, -0.25) is 10.00 Å². The molecule has 0 radical (unpaired) electrons. The van der Waals surface area contributed by atoms with Gasteiger partial charge in [0.1, 0.15) is 0 Å². The largest absolute Gasteiger partial charge is 0.379 e. The lowest BCUT2D eigenvalue weighted by molar-refractivity contribution is 0.0387. The van der Waals surface area contributed by atoms with E-state index in [-0.39, 0.29) is 6.03 Å². The van der Waals surface area contributed by atoms with Crippen LogP contribution in [0, 0.1) is 0 Å². The minimum atomic E-state index is -0.138. The van der Waals surface area contributed by atoms with Gasteiger partial charge in [0.2, 0.25) is 0 Å². The van der Waals surface area contributed by atoms with Crippen molar-refractivity contribution in [2.45, 2.75) is 6.54 Å². The number of hydrogen-bond acceptors (Lipinski definition) is 4. The smallest absolute Gasteiger partial charge is 0.315 e. The van der Waals surface area contributed by atoms with E-state index in [0.29, 0.717) is 13.1 Å². The van der Waals surface area contributed by atoms with Crippen LogP contribution in [0.5, 0.6) is 0 Å². The van der Waals surface area contributed by atoms with Gasteiger partial charge < -0.3 is 15.4 Å². The molecule has 0 unspecified atom stereocenters. The van der Waals surface area contributed by atoms with Crippen molar-refractivity contribution in [1.29, 1.82) is 0 Å². The molecule has 0 saturated carbocycles. The van der Waals surface area contributed by atoms with Crippen LogP contribution in [0.25, 0.3) is 11.3 Å². The number of nitrogens with zero attached hydrogens (tertiary/aromatic N) is 2. The lowest BCUT2D eigenvalue weighted by atomic mass is 10.1. The summed E-state index contributed by atoms with van der Waals surface area (Å²) in [5, 5.41) is 12.6. The maximum Gasteiger partial charge on any atom is 0.315 e. The molecule has 1 aromatic carbocycles. The van der Waals surface area contributed by atoms with Crippen LogP contribution in [0.2, 0.25) is 0 Å². The Bertz CT molecular complexity index is 621. The molecule has 128 valence electrons. The summed E-state index contributed by atoms with van der Waals surface area (Å²) in [6.07, 6.45) is 1.73. The fourth-order valence-corrected chi connectivity index (χ4v) is 2.62. The molecular formula is C17H23N5O2. The van der Waals surface area contributed by atoms with Crippen molar-refractivity contribution in [3.63, 3.8) is 0 Å². The number of morpholine rings is 1. The normalized spacial score (nSPS) is 15.2. The summed E-state index contributed by atoms with van der Waals surface area (Å²) in [7, 11) is 0. The summed E-state index contributed by atoms with van der Waals surface area (Å²) in [6, 6.07) is 9.83. The SMILES string of the molecule is O=C(NCCN1CCOCC1)NCc1ccc(-c2ccn[nH]2)cc1. The van der Waals surface area contributed by atoms with Gasteiger partial charge in [0.15, 0.2) is 0 Å². The second-order valence-corrected chi connectivity index (χ2v) is 5.73. The number of aromatic nitrogens is 2. The van der Waals surface area contributed by atoms with Crippen molar-refractivity contribution >= 4 is 6.03 Å². The van der Waals surface area contributed by atoms with E-state index >= 15 is 0 Å². The van der Waals surface area contributed by atoms with Crippen molar-refractivity contribution in [3.8, 4) is 11.3 Å². The van der Waals surface area contributed by atoms with Crippen molar-refractivity contribution < 1.29 is 9.53 Å². The van der Waals surface area contributed by atoms with E-state index < -0.39 is 0 Å². The number of amides is 2. The number of aromatic amines is 1. The zero-order chi connectivity index (χ0) is 16.6. The molecule has 1 aliphatic heterocycles. The number of nitrogens with one attached hydrogen (secondary N) is 3. The molecule has 1 saturated heterocycles. The second kappa shape index (κ2) is 8.47. The van der Waals surface area contributed by atoms with E-state index in [4.69, 9.17) is 4.74 Å². The van der Waals surface area contributed by atoms with E-state index in [9.17, 15) is 4.79 Å². The minimum Gasteiger partial charge on any atom is -0.379 e. The lowest BCUT2D eigenvalue weighted by Gasteiger charge is -2.26. The predicted octanol–water partition coefficient (Wildman–Crippen LogP) is 1.21. The summed E-state index contributed by atoms with van der Waals surface area (Å²) in [6.45, 7) is 5.44. The molecule has 0 spiro atoms. The quantitative estimate of drug-likeness (QED) is 0.744. The number of H-pyrrole nitrogens is 1. The molecule has 2 amide bonds. The molecule has 0 atom stereocenters. The average molecular weight is 329 g/mol. The number of ether oxygens (including phenoxy) is 1. The van der Waals surface area contributed by atoms with Gasteiger partial charge in [-0.05, 0) is 17.2 Å². The highest BCUT2D eigenvalue weighted by Gasteiger charge is 2.10. The first kappa shape index (κ1) is 16.5. The Morgan fingerprint density at radius 1 is 1.17 bits per heavy atom. The number of rotatable bonds is 6. The van der Waals surface area contributed by atoms with E-state index in [1.165, 1.54) is 0 Å². The van der Waals surface area contributed by atoms with E-state index in [0.717, 1.165) is 49.7 Å². The predicted molar refractivity (Wildman–Crippen MR) is 91.5 cm³/mol. The van der Waals surface area contributed by atoms with Gasteiger partial charge in [-0.2, -0.15) is 5.10 Å². The first-order valence-corrected chi connectivity index (χ1v) is 8.22. The number of carbonyl (C=O) groups is 1. The van der Waals surface area contributed by atoms with E-state index in [2.05, 4.69) is 25.7 Å². The van der Waals surface area contributed by atoms with Crippen LogP contribution in [0.1, 0.15) is 5.56 Å². The van der Waals surface area contributed by atoms with Gasteiger partial charge in [0, 0.05) is 38.9 Å². The Kier molecular flexibility index (Phi) is 5.81. The zero-order valence-electron chi connectivity index (χ0n) is 13.6. The molecular weight excluding hydrogens is 306 g/mol. The van der Waals surface area contributed by atoms with Gasteiger partial charge in [0.05, 0.1) is 18.9 Å². The van der Waals surface area contributed by atoms with Crippen LogP contribution in [0.4, 0.5) is 4.79 Å². The van der Waals surface area contributed by atoms with Gasteiger partial charge in [-0.25, -0.2) is 4.79 Å². The maximum absolute atomic E-state index is 11.8. The van der Waals surface area contributed by atoms with Crippen molar-refractivity contribution in [3.05, 3.63) is 42.1 Å². The monoisotopic (exact) mass is 329 g/mol. The molecule has 7 heteroatoms. The maximum atomic E-state index is 11.8. The number of hydrogen-bond donors (Lipinski definition) is 3. The van der Waals surface area contributed by atoms with Crippen molar-refractivity contribution in [2.75, 3.05) is 39.4 Å². The Hall–Kier alpha value is -2.38. The topological polar surface area (TPSA) is 82.3 Å². The molecule has 0 bridgehead atoms. The molecule has 1 aromatic heterocycles. The second-order valence-electron chi connectivity index (χ2n) is 5.73. The van der Waals surface area contributed by atoms with Gasteiger partial charge in [-0.1, -0.05) is 24.3 Å². The van der Waals surface area contributed by atoms with Crippen molar-refractivity contribution in [1.82, 2.24) is 25.7 Å². The third-order valence-corrected chi connectivity index (χ3v) is 4.04. The van der Waals surface area contributed by atoms with Gasteiger partial charge in [-0.15, -0.1) is 0 Å². The Morgan fingerprint density at radius 2 is 1.96 bits per heavy atom. The van der Waals surface area contributed by atoms with Gasteiger partial charge in [0.25, 0.3) is 0 Å². The molecule has 0 aliphatic carbocycles. The van der Waals surface area contributed by atoms with E-state index in [1.807, 2.05) is 30.3 Å². The van der Waals surface area contributed by atoms with Crippen molar-refractivity contribution in [2.24, 2.45) is 0 Å². The summed E-state index contributed by atoms with van der Waals surface area (Å²) in [4.78, 5) is 14.1. The Morgan fingerprint density at radius 3 is 2.67 bits per heavy atom. The summed E-state index contributed by atoms with van der Waals surface area (Å²) >= 11 is 0. The zero-order valence-corrected chi connectivity index (χ0v) is 13.6. The van der Waals surface area contributed by atoms with Crippen LogP contribution in [0.15, 0.2) is 36.5 Å². The fourth-order valence-electron chi connectivity index (χ4n) is 2.62. The average Bonchev–Trinajstić information content (AvgIpc) is 3.16. The number of benzene rings is 1. The lowest BCUT2D eigenvalue weighted by Crippen LogP contribution is -2.43. The number of urea groups is 1. The van der Waals surface area contributed by atoms with Crippen LogP contribution in [0.3, 0.4) is 0 Å². The van der Waals surface area contributed by atoms with Gasteiger partial charge >= 0.3 is 6.03 Å². The third kappa shape index (κ3) is 4.81.